The average molecular weight is 223 g/mol. The molecule has 0 aromatic rings. The Morgan fingerprint density at radius 2 is 1.88 bits per heavy atom. The van der Waals surface area contributed by atoms with E-state index in [1.165, 1.54) is 44.9 Å². The summed E-state index contributed by atoms with van der Waals surface area (Å²) in [5.74, 6) is 2.38. The molecule has 92 valence electrons. The molecular weight excluding hydrogens is 198 g/mol. The molecule has 2 saturated carbocycles. The van der Waals surface area contributed by atoms with Crippen LogP contribution in [0.15, 0.2) is 0 Å². The third-order valence-corrected chi connectivity index (χ3v) is 4.33. The standard InChI is InChI=1S/C14H25NO/c1-15-14(16)13(10-12-6-7-12)9-8-11-4-2-3-5-11/h11-13H,2-10H2,1H3,(H,15,16). The Hall–Kier alpha value is -0.530. The smallest absolute Gasteiger partial charge is 0.222 e. The third-order valence-electron chi connectivity index (χ3n) is 4.33. The van der Waals surface area contributed by atoms with Crippen molar-refractivity contribution in [1.29, 1.82) is 0 Å². The van der Waals surface area contributed by atoms with Crippen LogP contribution < -0.4 is 5.32 Å². The Morgan fingerprint density at radius 3 is 2.44 bits per heavy atom. The van der Waals surface area contributed by atoms with Gasteiger partial charge in [0.25, 0.3) is 0 Å². The molecule has 2 aliphatic carbocycles. The van der Waals surface area contributed by atoms with Crippen LogP contribution >= 0.6 is 0 Å². The van der Waals surface area contributed by atoms with Gasteiger partial charge in [0.05, 0.1) is 0 Å². The minimum atomic E-state index is 0.282. The monoisotopic (exact) mass is 223 g/mol. The van der Waals surface area contributed by atoms with Crippen LogP contribution in [0.1, 0.15) is 57.8 Å². The summed E-state index contributed by atoms with van der Waals surface area (Å²) in [5, 5.41) is 2.83. The fourth-order valence-electron chi connectivity index (χ4n) is 3.05. The Labute approximate surface area is 99.2 Å². The van der Waals surface area contributed by atoms with Gasteiger partial charge >= 0.3 is 0 Å². The van der Waals surface area contributed by atoms with Gasteiger partial charge in [-0.1, -0.05) is 38.5 Å². The maximum Gasteiger partial charge on any atom is 0.222 e. The van der Waals surface area contributed by atoms with E-state index in [2.05, 4.69) is 5.32 Å². The van der Waals surface area contributed by atoms with Gasteiger partial charge < -0.3 is 5.32 Å². The summed E-state index contributed by atoms with van der Waals surface area (Å²) >= 11 is 0. The van der Waals surface area contributed by atoms with Crippen molar-refractivity contribution < 1.29 is 4.79 Å². The van der Waals surface area contributed by atoms with E-state index >= 15 is 0 Å². The average Bonchev–Trinajstić information content (AvgIpc) is 2.97. The highest BCUT2D eigenvalue weighted by molar-refractivity contribution is 5.78. The van der Waals surface area contributed by atoms with E-state index in [-0.39, 0.29) is 5.91 Å². The van der Waals surface area contributed by atoms with Crippen molar-refractivity contribution in [2.24, 2.45) is 17.8 Å². The van der Waals surface area contributed by atoms with E-state index < -0.39 is 0 Å². The molecule has 2 nitrogen and oxygen atoms in total. The first-order valence-electron chi connectivity index (χ1n) is 7.01. The van der Waals surface area contributed by atoms with E-state index in [1.807, 2.05) is 0 Å². The Bertz CT molecular complexity index is 229. The summed E-state index contributed by atoms with van der Waals surface area (Å²) in [4.78, 5) is 11.8. The summed E-state index contributed by atoms with van der Waals surface area (Å²) in [6, 6.07) is 0. The number of amides is 1. The summed E-state index contributed by atoms with van der Waals surface area (Å²) in [5.41, 5.74) is 0. The van der Waals surface area contributed by atoms with Crippen LogP contribution in [0.25, 0.3) is 0 Å². The number of carbonyl (C=O) groups excluding carboxylic acids is 1. The number of carbonyl (C=O) groups is 1. The minimum Gasteiger partial charge on any atom is -0.359 e. The van der Waals surface area contributed by atoms with E-state index in [1.54, 1.807) is 7.05 Å². The van der Waals surface area contributed by atoms with Crippen LogP contribution in [0, 0.1) is 17.8 Å². The first-order valence-corrected chi connectivity index (χ1v) is 7.01. The Kier molecular flexibility index (Phi) is 4.25. The van der Waals surface area contributed by atoms with Crippen molar-refractivity contribution in [2.45, 2.75) is 57.8 Å². The molecule has 1 N–H and O–H groups in total. The molecule has 2 fully saturated rings. The maximum absolute atomic E-state index is 11.8. The molecule has 2 aliphatic rings. The second-order valence-corrected chi connectivity index (χ2v) is 5.72. The van der Waals surface area contributed by atoms with Crippen molar-refractivity contribution in [1.82, 2.24) is 5.32 Å². The van der Waals surface area contributed by atoms with Gasteiger partial charge in [0.1, 0.15) is 0 Å². The second kappa shape index (κ2) is 5.70. The molecule has 0 aromatic heterocycles. The number of nitrogens with one attached hydrogen (secondary N) is 1. The molecule has 0 spiro atoms. The molecule has 2 heteroatoms. The van der Waals surface area contributed by atoms with Gasteiger partial charge in [0.15, 0.2) is 0 Å². The highest BCUT2D eigenvalue weighted by Crippen LogP contribution is 2.38. The van der Waals surface area contributed by atoms with Crippen LogP contribution in [0.3, 0.4) is 0 Å². The largest absolute Gasteiger partial charge is 0.359 e. The predicted octanol–water partition coefficient (Wildman–Crippen LogP) is 3.12. The second-order valence-electron chi connectivity index (χ2n) is 5.72. The lowest BCUT2D eigenvalue weighted by atomic mass is 9.90. The normalized spacial score (nSPS) is 23.3. The quantitative estimate of drug-likeness (QED) is 0.736. The van der Waals surface area contributed by atoms with E-state index in [4.69, 9.17) is 0 Å². The molecule has 0 aliphatic heterocycles. The number of hydrogen-bond acceptors (Lipinski definition) is 1. The van der Waals surface area contributed by atoms with Gasteiger partial charge in [-0.15, -0.1) is 0 Å². The molecule has 2 rings (SSSR count). The molecular formula is C14H25NO. The van der Waals surface area contributed by atoms with Crippen molar-refractivity contribution in [3.8, 4) is 0 Å². The van der Waals surface area contributed by atoms with Crippen LogP contribution in [0.4, 0.5) is 0 Å². The fourth-order valence-corrected chi connectivity index (χ4v) is 3.05. The summed E-state index contributed by atoms with van der Waals surface area (Å²) in [7, 11) is 1.78. The van der Waals surface area contributed by atoms with Crippen molar-refractivity contribution in [2.75, 3.05) is 7.05 Å². The lowest BCUT2D eigenvalue weighted by molar-refractivity contribution is -0.125. The zero-order chi connectivity index (χ0) is 11.4. The number of rotatable bonds is 6. The summed E-state index contributed by atoms with van der Waals surface area (Å²) < 4.78 is 0. The van der Waals surface area contributed by atoms with E-state index in [9.17, 15) is 4.79 Å². The predicted molar refractivity (Wildman–Crippen MR) is 66.1 cm³/mol. The lowest BCUT2D eigenvalue weighted by Crippen LogP contribution is -2.28. The van der Waals surface area contributed by atoms with Gasteiger partial charge in [-0.3, -0.25) is 4.79 Å². The van der Waals surface area contributed by atoms with Crippen molar-refractivity contribution >= 4 is 5.91 Å². The highest BCUT2D eigenvalue weighted by Gasteiger charge is 2.29. The van der Waals surface area contributed by atoms with Gasteiger partial charge in [-0.2, -0.15) is 0 Å². The highest BCUT2D eigenvalue weighted by atomic mass is 16.1. The first-order chi connectivity index (χ1) is 7.79. The molecule has 1 amide bonds. The van der Waals surface area contributed by atoms with Crippen LogP contribution in [0.5, 0.6) is 0 Å². The molecule has 16 heavy (non-hydrogen) atoms. The molecule has 0 aromatic carbocycles. The molecule has 1 atom stereocenters. The van der Waals surface area contributed by atoms with Gasteiger partial charge in [-0.25, -0.2) is 0 Å². The minimum absolute atomic E-state index is 0.282. The zero-order valence-corrected chi connectivity index (χ0v) is 10.5. The van der Waals surface area contributed by atoms with Crippen LogP contribution in [-0.4, -0.2) is 13.0 Å². The zero-order valence-electron chi connectivity index (χ0n) is 10.5. The maximum atomic E-state index is 11.8. The van der Waals surface area contributed by atoms with Crippen LogP contribution in [-0.2, 0) is 4.79 Å². The molecule has 0 saturated heterocycles. The Balaban J connectivity index is 1.73. The SMILES string of the molecule is CNC(=O)C(CCC1CCCC1)CC1CC1. The summed E-state index contributed by atoms with van der Waals surface area (Å²) in [6.07, 6.45) is 11.9. The lowest BCUT2D eigenvalue weighted by Gasteiger charge is -2.17. The molecule has 0 heterocycles. The van der Waals surface area contributed by atoms with Crippen molar-refractivity contribution in [3.05, 3.63) is 0 Å². The number of hydrogen-bond donors (Lipinski definition) is 1. The molecule has 0 bridgehead atoms. The summed E-state index contributed by atoms with van der Waals surface area (Å²) in [6.45, 7) is 0. The van der Waals surface area contributed by atoms with Gasteiger partial charge in [0.2, 0.25) is 5.91 Å². The third kappa shape index (κ3) is 3.50. The topological polar surface area (TPSA) is 29.1 Å². The molecule has 1 unspecified atom stereocenters. The first kappa shape index (κ1) is 11.9. The van der Waals surface area contributed by atoms with E-state index in [0.717, 1.165) is 24.7 Å². The molecule has 0 radical (unpaired) electrons. The van der Waals surface area contributed by atoms with Gasteiger partial charge in [0, 0.05) is 13.0 Å². The fraction of sp³-hybridized carbons (Fsp3) is 0.929. The van der Waals surface area contributed by atoms with Crippen molar-refractivity contribution in [3.63, 3.8) is 0 Å². The van der Waals surface area contributed by atoms with E-state index in [0.29, 0.717) is 5.92 Å². The van der Waals surface area contributed by atoms with Gasteiger partial charge in [-0.05, 0) is 31.1 Å². The van der Waals surface area contributed by atoms with Crippen LogP contribution in [0.2, 0.25) is 0 Å². The Morgan fingerprint density at radius 1 is 1.19 bits per heavy atom.